The Morgan fingerprint density at radius 2 is 1.86 bits per heavy atom. The highest BCUT2D eigenvalue weighted by Crippen LogP contribution is 2.23. The molecule has 0 fully saturated rings. The summed E-state index contributed by atoms with van der Waals surface area (Å²) in [7, 11) is 4.05. The Morgan fingerprint density at radius 3 is 2.52 bits per heavy atom. The molecule has 0 aliphatic rings. The molecular weight excluding hydrogens is 304 g/mol. The molecular formula is C16H15ClN2OS. The molecule has 0 saturated carbocycles. The van der Waals surface area contributed by atoms with Crippen molar-refractivity contribution in [1.29, 1.82) is 0 Å². The van der Waals surface area contributed by atoms with E-state index in [4.69, 9.17) is 28.2 Å². The maximum absolute atomic E-state index is 6.06. The predicted octanol–water partition coefficient (Wildman–Crippen LogP) is 4.73. The zero-order valence-electron chi connectivity index (χ0n) is 11.8. The monoisotopic (exact) mass is 318 g/mol. The van der Waals surface area contributed by atoms with Crippen molar-refractivity contribution in [3.8, 4) is 0 Å². The third-order valence-electron chi connectivity index (χ3n) is 3.42. The van der Waals surface area contributed by atoms with Crippen LogP contribution >= 0.6 is 23.8 Å². The summed E-state index contributed by atoms with van der Waals surface area (Å²) in [6, 6.07) is 13.9. The fourth-order valence-electron chi connectivity index (χ4n) is 2.27. The Morgan fingerprint density at radius 1 is 1.14 bits per heavy atom. The number of nitrogens with zero attached hydrogens (tertiary/aromatic N) is 2. The largest absolute Gasteiger partial charge is 0.429 e. The lowest BCUT2D eigenvalue weighted by molar-refractivity contribution is 0.548. The van der Waals surface area contributed by atoms with Gasteiger partial charge in [-0.3, -0.25) is 4.57 Å². The van der Waals surface area contributed by atoms with Gasteiger partial charge in [-0.15, -0.1) is 0 Å². The first-order valence-corrected chi connectivity index (χ1v) is 7.38. The molecule has 21 heavy (non-hydrogen) atoms. The number of fused-ring (bicyclic) bond motifs is 1. The summed E-state index contributed by atoms with van der Waals surface area (Å²) >= 11 is 11.4. The quantitative estimate of drug-likeness (QED) is 0.651. The second-order valence-electron chi connectivity index (χ2n) is 5.13. The van der Waals surface area contributed by atoms with Crippen molar-refractivity contribution in [3.63, 3.8) is 0 Å². The van der Waals surface area contributed by atoms with Crippen LogP contribution in [-0.2, 0) is 6.54 Å². The lowest BCUT2D eigenvalue weighted by atomic mass is 10.2. The zero-order valence-corrected chi connectivity index (χ0v) is 13.4. The van der Waals surface area contributed by atoms with Crippen molar-refractivity contribution in [2.75, 3.05) is 19.0 Å². The Bertz CT molecular complexity index is 834. The third kappa shape index (κ3) is 2.82. The molecule has 108 valence electrons. The summed E-state index contributed by atoms with van der Waals surface area (Å²) in [4.78, 5) is 2.53. The highest BCUT2D eigenvalue weighted by Gasteiger charge is 2.08. The van der Waals surface area contributed by atoms with Gasteiger partial charge in [-0.2, -0.15) is 0 Å². The van der Waals surface area contributed by atoms with Crippen LogP contribution < -0.4 is 4.90 Å². The molecule has 0 unspecified atom stereocenters. The molecule has 0 bridgehead atoms. The van der Waals surface area contributed by atoms with Gasteiger partial charge in [-0.25, -0.2) is 0 Å². The van der Waals surface area contributed by atoms with Crippen molar-refractivity contribution in [3.05, 3.63) is 57.9 Å². The third-order valence-corrected chi connectivity index (χ3v) is 3.96. The summed E-state index contributed by atoms with van der Waals surface area (Å²) in [5.41, 5.74) is 4.01. The second kappa shape index (κ2) is 5.54. The average Bonchev–Trinajstić information content (AvgIpc) is 2.76. The van der Waals surface area contributed by atoms with Gasteiger partial charge in [-0.05, 0) is 48.1 Å². The summed E-state index contributed by atoms with van der Waals surface area (Å²) in [6.45, 7) is 0.667. The molecule has 2 aromatic carbocycles. The minimum absolute atomic E-state index is 0.462. The van der Waals surface area contributed by atoms with E-state index in [9.17, 15) is 0 Å². The predicted molar refractivity (Wildman–Crippen MR) is 89.9 cm³/mol. The lowest BCUT2D eigenvalue weighted by Gasteiger charge is -2.12. The van der Waals surface area contributed by atoms with E-state index >= 15 is 0 Å². The number of hydrogen-bond acceptors (Lipinski definition) is 3. The second-order valence-corrected chi connectivity index (χ2v) is 5.91. The highest BCUT2D eigenvalue weighted by atomic mass is 35.5. The molecule has 5 heteroatoms. The van der Waals surface area contributed by atoms with Gasteiger partial charge in [0.05, 0.1) is 12.1 Å². The van der Waals surface area contributed by atoms with Crippen LogP contribution in [-0.4, -0.2) is 18.7 Å². The van der Waals surface area contributed by atoms with E-state index in [2.05, 4.69) is 29.2 Å². The SMILES string of the molecule is CN(C)c1ccc(Cn2c(=S)oc3ccc(Cl)cc32)cc1. The summed E-state index contributed by atoms with van der Waals surface area (Å²) in [5, 5.41) is 0.676. The fraction of sp³-hybridized carbons (Fsp3) is 0.188. The van der Waals surface area contributed by atoms with E-state index in [1.807, 2.05) is 30.8 Å². The maximum atomic E-state index is 6.06. The number of oxazole rings is 1. The minimum Gasteiger partial charge on any atom is -0.429 e. The molecule has 0 radical (unpaired) electrons. The first kappa shape index (κ1) is 14.2. The molecule has 3 rings (SSSR count). The highest BCUT2D eigenvalue weighted by molar-refractivity contribution is 7.71. The van der Waals surface area contributed by atoms with E-state index in [-0.39, 0.29) is 0 Å². The van der Waals surface area contributed by atoms with Gasteiger partial charge >= 0.3 is 0 Å². The molecule has 1 aromatic heterocycles. The van der Waals surface area contributed by atoms with Crippen LogP contribution in [0.3, 0.4) is 0 Å². The Kier molecular flexibility index (Phi) is 3.74. The molecule has 3 nitrogen and oxygen atoms in total. The molecule has 0 aliphatic carbocycles. The number of anilines is 1. The van der Waals surface area contributed by atoms with Gasteiger partial charge in [0.15, 0.2) is 5.58 Å². The van der Waals surface area contributed by atoms with Gasteiger partial charge in [0.25, 0.3) is 4.84 Å². The van der Waals surface area contributed by atoms with E-state index in [0.29, 0.717) is 16.4 Å². The first-order valence-electron chi connectivity index (χ1n) is 6.60. The van der Waals surface area contributed by atoms with Crippen LogP contribution in [0, 0.1) is 4.84 Å². The van der Waals surface area contributed by atoms with Gasteiger partial charge in [0.2, 0.25) is 0 Å². The Hall–Kier alpha value is -1.78. The standard InChI is InChI=1S/C16H15ClN2OS/c1-18(2)13-6-3-11(4-7-13)10-19-14-9-12(17)5-8-15(14)20-16(19)21/h3-9H,10H2,1-2H3. The van der Waals surface area contributed by atoms with E-state index in [1.54, 1.807) is 6.07 Å². The number of rotatable bonds is 3. The molecule has 0 amide bonds. The molecule has 0 atom stereocenters. The molecule has 0 aliphatic heterocycles. The topological polar surface area (TPSA) is 21.3 Å². The number of benzene rings is 2. The Balaban J connectivity index is 1.99. The first-order chi connectivity index (χ1) is 10.0. The van der Waals surface area contributed by atoms with Crippen LogP contribution in [0.2, 0.25) is 5.02 Å². The zero-order chi connectivity index (χ0) is 15.0. The number of aromatic nitrogens is 1. The minimum atomic E-state index is 0.462. The van der Waals surface area contributed by atoms with Crippen molar-refractivity contribution < 1.29 is 4.42 Å². The molecule has 0 N–H and O–H groups in total. The van der Waals surface area contributed by atoms with Crippen LogP contribution in [0.4, 0.5) is 5.69 Å². The molecule has 1 heterocycles. The van der Waals surface area contributed by atoms with Crippen LogP contribution in [0.5, 0.6) is 0 Å². The van der Waals surface area contributed by atoms with Crippen molar-refractivity contribution in [2.45, 2.75) is 6.54 Å². The smallest absolute Gasteiger partial charge is 0.269 e. The van der Waals surface area contributed by atoms with Crippen molar-refractivity contribution in [2.24, 2.45) is 0 Å². The van der Waals surface area contributed by atoms with Crippen LogP contribution in [0.15, 0.2) is 46.9 Å². The van der Waals surface area contributed by atoms with Crippen LogP contribution in [0.25, 0.3) is 11.1 Å². The summed E-state index contributed by atoms with van der Waals surface area (Å²) in [5.74, 6) is 0. The van der Waals surface area contributed by atoms with Crippen LogP contribution in [0.1, 0.15) is 5.56 Å². The van der Waals surface area contributed by atoms with E-state index < -0.39 is 0 Å². The van der Waals surface area contributed by atoms with Crippen molar-refractivity contribution in [1.82, 2.24) is 4.57 Å². The maximum Gasteiger partial charge on any atom is 0.269 e. The van der Waals surface area contributed by atoms with Gasteiger partial charge < -0.3 is 9.32 Å². The average molecular weight is 319 g/mol. The molecule has 3 aromatic rings. The van der Waals surface area contributed by atoms with E-state index in [0.717, 1.165) is 11.1 Å². The number of hydrogen-bond donors (Lipinski definition) is 0. The Labute approximate surface area is 133 Å². The number of halogens is 1. The lowest BCUT2D eigenvalue weighted by Crippen LogP contribution is -2.08. The molecule has 0 spiro atoms. The molecule has 0 saturated heterocycles. The van der Waals surface area contributed by atoms with Gasteiger partial charge in [0, 0.05) is 24.8 Å². The van der Waals surface area contributed by atoms with E-state index in [1.165, 1.54) is 11.3 Å². The van der Waals surface area contributed by atoms with Crippen molar-refractivity contribution >= 4 is 40.6 Å². The fourth-order valence-corrected chi connectivity index (χ4v) is 2.69. The summed E-state index contributed by atoms with van der Waals surface area (Å²) < 4.78 is 7.56. The van der Waals surface area contributed by atoms with Gasteiger partial charge in [0.1, 0.15) is 0 Å². The normalized spacial score (nSPS) is 11.0. The summed E-state index contributed by atoms with van der Waals surface area (Å²) in [6.07, 6.45) is 0. The van der Waals surface area contributed by atoms with Gasteiger partial charge in [-0.1, -0.05) is 23.7 Å².